The molecule has 0 bridgehead atoms. The lowest BCUT2D eigenvalue weighted by Crippen LogP contribution is -2.16. The summed E-state index contributed by atoms with van der Waals surface area (Å²) >= 11 is 6.00. The average Bonchev–Trinajstić information content (AvgIpc) is 3.22. The number of furan rings is 1. The lowest BCUT2D eigenvalue weighted by Gasteiger charge is -2.18. The van der Waals surface area contributed by atoms with Gasteiger partial charge >= 0.3 is 0 Å². The number of fused-ring (bicyclic) bond motifs is 1. The van der Waals surface area contributed by atoms with E-state index in [1.807, 2.05) is 0 Å². The molecule has 1 aliphatic rings. The molecule has 0 saturated carbocycles. The second-order valence-electron chi connectivity index (χ2n) is 6.24. The Morgan fingerprint density at radius 3 is 2.70 bits per heavy atom. The first kappa shape index (κ1) is 19.6. The Balaban J connectivity index is 1.40. The van der Waals surface area contributed by atoms with Gasteiger partial charge in [0, 0.05) is 17.8 Å². The van der Waals surface area contributed by atoms with E-state index >= 15 is 0 Å². The smallest absolute Gasteiger partial charge is 0.291 e. The van der Waals surface area contributed by atoms with E-state index in [2.05, 4.69) is 5.32 Å². The van der Waals surface area contributed by atoms with Crippen molar-refractivity contribution in [2.75, 3.05) is 18.5 Å². The summed E-state index contributed by atoms with van der Waals surface area (Å²) in [7, 11) is 0. The minimum atomic E-state index is -0.545. The summed E-state index contributed by atoms with van der Waals surface area (Å²) in [6, 6.07) is 12.0. The number of hydrogen-bond acceptors (Lipinski definition) is 7. The van der Waals surface area contributed by atoms with Gasteiger partial charge in [-0.25, -0.2) is 0 Å². The average molecular weight is 431 g/mol. The summed E-state index contributed by atoms with van der Waals surface area (Å²) in [5.74, 6) is 1.30. The van der Waals surface area contributed by atoms with Gasteiger partial charge in [-0.15, -0.1) is 0 Å². The van der Waals surface area contributed by atoms with Crippen molar-refractivity contribution in [3.63, 3.8) is 0 Å². The fraction of sp³-hybridized carbons (Fsp3) is 0.150. The highest BCUT2D eigenvalue weighted by Crippen LogP contribution is 2.33. The Kier molecular flexibility index (Phi) is 5.44. The molecule has 0 unspecified atom stereocenters. The van der Waals surface area contributed by atoms with Gasteiger partial charge in [-0.05, 0) is 30.3 Å². The molecule has 2 aromatic carbocycles. The predicted octanol–water partition coefficient (Wildman–Crippen LogP) is 4.44. The first-order valence-corrected chi connectivity index (χ1v) is 9.24. The van der Waals surface area contributed by atoms with Gasteiger partial charge in [-0.1, -0.05) is 11.6 Å². The minimum Gasteiger partial charge on any atom is -0.486 e. The highest BCUT2D eigenvalue weighted by Gasteiger charge is 2.16. The van der Waals surface area contributed by atoms with Crippen LogP contribution < -0.4 is 19.5 Å². The Bertz CT molecular complexity index is 1110. The Morgan fingerprint density at radius 1 is 1.10 bits per heavy atom. The van der Waals surface area contributed by atoms with Crippen molar-refractivity contribution >= 4 is 28.9 Å². The van der Waals surface area contributed by atoms with Gasteiger partial charge in [-0.2, -0.15) is 0 Å². The van der Waals surface area contributed by atoms with Crippen LogP contribution in [0.5, 0.6) is 17.2 Å². The number of carbonyl (C=O) groups is 1. The summed E-state index contributed by atoms with van der Waals surface area (Å²) in [5, 5.41) is 13.8. The van der Waals surface area contributed by atoms with Crippen LogP contribution in [-0.4, -0.2) is 24.0 Å². The first-order chi connectivity index (χ1) is 14.5. The van der Waals surface area contributed by atoms with E-state index in [1.165, 1.54) is 24.3 Å². The van der Waals surface area contributed by atoms with E-state index in [-0.39, 0.29) is 28.8 Å². The molecule has 1 aliphatic heterocycles. The standard InChI is InChI=1S/C20H15ClN2O7/c21-15-4-2-13(23(25)26)10-18(15)29-11-14-3-6-17(30-14)20(24)22-12-1-5-16-19(9-12)28-8-7-27-16/h1-6,9-10H,7-8,11H2,(H,22,24). The molecule has 1 amide bonds. The quantitative estimate of drug-likeness (QED) is 0.454. The number of halogens is 1. The third-order valence-electron chi connectivity index (χ3n) is 4.18. The second-order valence-corrected chi connectivity index (χ2v) is 6.65. The maximum Gasteiger partial charge on any atom is 0.291 e. The highest BCUT2D eigenvalue weighted by atomic mass is 35.5. The van der Waals surface area contributed by atoms with Crippen molar-refractivity contribution in [1.82, 2.24) is 0 Å². The van der Waals surface area contributed by atoms with Crippen molar-refractivity contribution in [3.8, 4) is 17.2 Å². The maximum atomic E-state index is 12.4. The minimum absolute atomic E-state index is 0.0573. The van der Waals surface area contributed by atoms with Crippen molar-refractivity contribution in [2.24, 2.45) is 0 Å². The van der Waals surface area contributed by atoms with Crippen LogP contribution in [0.1, 0.15) is 16.3 Å². The molecular formula is C20H15ClN2O7. The van der Waals surface area contributed by atoms with Crippen LogP contribution in [0.2, 0.25) is 5.02 Å². The second kappa shape index (κ2) is 8.34. The van der Waals surface area contributed by atoms with Crippen molar-refractivity contribution < 1.29 is 28.3 Å². The zero-order valence-corrected chi connectivity index (χ0v) is 16.2. The molecule has 10 heteroatoms. The van der Waals surface area contributed by atoms with Gasteiger partial charge in [0.1, 0.15) is 31.3 Å². The molecule has 30 heavy (non-hydrogen) atoms. The number of nitro groups is 1. The normalized spacial score (nSPS) is 12.3. The zero-order chi connectivity index (χ0) is 21.1. The number of anilines is 1. The summed E-state index contributed by atoms with van der Waals surface area (Å²) in [5.41, 5.74) is 0.384. The van der Waals surface area contributed by atoms with Crippen LogP contribution in [0.25, 0.3) is 0 Å². The third-order valence-corrected chi connectivity index (χ3v) is 4.49. The molecule has 0 radical (unpaired) electrons. The van der Waals surface area contributed by atoms with E-state index < -0.39 is 10.8 Å². The van der Waals surface area contributed by atoms with Crippen LogP contribution in [0.3, 0.4) is 0 Å². The van der Waals surface area contributed by atoms with Gasteiger partial charge in [0.15, 0.2) is 17.3 Å². The molecule has 0 fully saturated rings. The van der Waals surface area contributed by atoms with Crippen LogP contribution in [0.4, 0.5) is 11.4 Å². The summed E-state index contributed by atoms with van der Waals surface area (Å²) in [4.78, 5) is 22.8. The molecule has 1 aromatic heterocycles. The lowest BCUT2D eigenvalue weighted by molar-refractivity contribution is -0.384. The molecule has 3 aromatic rings. The number of carbonyl (C=O) groups excluding carboxylic acids is 1. The maximum absolute atomic E-state index is 12.4. The number of non-ortho nitro benzene ring substituents is 1. The molecule has 0 aliphatic carbocycles. The molecule has 0 spiro atoms. The van der Waals surface area contributed by atoms with Gasteiger partial charge in [0.25, 0.3) is 11.6 Å². The van der Waals surface area contributed by atoms with Gasteiger partial charge in [0.2, 0.25) is 0 Å². The molecule has 0 saturated heterocycles. The van der Waals surface area contributed by atoms with E-state index in [4.69, 9.17) is 30.2 Å². The molecule has 2 heterocycles. The number of ether oxygens (including phenoxy) is 3. The molecule has 4 rings (SSSR count). The Hall–Kier alpha value is -3.72. The van der Waals surface area contributed by atoms with Crippen molar-refractivity contribution in [3.05, 3.63) is 75.2 Å². The zero-order valence-electron chi connectivity index (χ0n) is 15.4. The first-order valence-electron chi connectivity index (χ1n) is 8.86. The Morgan fingerprint density at radius 2 is 1.90 bits per heavy atom. The molecule has 154 valence electrons. The van der Waals surface area contributed by atoms with Gasteiger partial charge < -0.3 is 23.9 Å². The van der Waals surface area contributed by atoms with Crippen LogP contribution >= 0.6 is 11.6 Å². The van der Waals surface area contributed by atoms with Gasteiger partial charge in [-0.3, -0.25) is 14.9 Å². The van der Waals surface area contributed by atoms with Crippen molar-refractivity contribution in [1.29, 1.82) is 0 Å². The highest BCUT2D eigenvalue weighted by molar-refractivity contribution is 6.32. The van der Waals surface area contributed by atoms with Gasteiger partial charge in [0.05, 0.1) is 16.0 Å². The number of nitrogens with zero attached hydrogens (tertiary/aromatic N) is 1. The largest absolute Gasteiger partial charge is 0.486 e. The van der Waals surface area contributed by atoms with E-state index in [0.29, 0.717) is 36.2 Å². The fourth-order valence-electron chi connectivity index (χ4n) is 2.76. The Labute approximate surface area is 175 Å². The summed E-state index contributed by atoms with van der Waals surface area (Å²) < 4.78 is 21.9. The van der Waals surface area contributed by atoms with E-state index in [1.54, 1.807) is 24.3 Å². The molecule has 0 atom stereocenters. The fourth-order valence-corrected chi connectivity index (χ4v) is 2.93. The molecule has 1 N–H and O–H groups in total. The van der Waals surface area contributed by atoms with Crippen LogP contribution in [0, 0.1) is 10.1 Å². The third kappa shape index (κ3) is 4.31. The predicted molar refractivity (Wildman–Crippen MR) is 107 cm³/mol. The van der Waals surface area contributed by atoms with Crippen molar-refractivity contribution in [2.45, 2.75) is 6.61 Å². The number of hydrogen-bond donors (Lipinski definition) is 1. The topological polar surface area (TPSA) is 113 Å². The number of nitrogens with one attached hydrogen (secondary N) is 1. The monoisotopic (exact) mass is 430 g/mol. The number of rotatable bonds is 6. The number of amides is 1. The summed E-state index contributed by atoms with van der Waals surface area (Å²) in [6.07, 6.45) is 0. The lowest BCUT2D eigenvalue weighted by atomic mass is 10.2. The molecular weight excluding hydrogens is 416 g/mol. The van der Waals surface area contributed by atoms with E-state index in [9.17, 15) is 14.9 Å². The number of benzene rings is 2. The van der Waals surface area contributed by atoms with E-state index in [0.717, 1.165) is 0 Å². The summed E-state index contributed by atoms with van der Waals surface area (Å²) in [6.45, 7) is 0.871. The van der Waals surface area contributed by atoms with Crippen LogP contribution in [0.15, 0.2) is 52.9 Å². The van der Waals surface area contributed by atoms with Crippen LogP contribution in [-0.2, 0) is 6.61 Å². The molecule has 9 nitrogen and oxygen atoms in total. The SMILES string of the molecule is O=C(Nc1ccc2c(c1)OCCO2)c1ccc(COc2cc([N+](=O)[O-])ccc2Cl)o1. The number of nitro benzene ring substituents is 1.